The molecule has 2 aromatic rings. The van der Waals surface area contributed by atoms with E-state index in [-0.39, 0.29) is 77.0 Å². The molecule has 5 aliphatic rings. The summed E-state index contributed by atoms with van der Waals surface area (Å²) >= 11 is 0. The summed E-state index contributed by atoms with van der Waals surface area (Å²) in [6, 6.07) is 14.9. The Labute approximate surface area is 350 Å². The maximum Gasteiger partial charge on any atom is 0.192 e. The maximum absolute atomic E-state index is 7.05. The van der Waals surface area contributed by atoms with Crippen molar-refractivity contribution in [1.82, 2.24) is 0 Å². The Morgan fingerprint density at radius 2 is 1.47 bits per heavy atom. The van der Waals surface area contributed by atoms with Gasteiger partial charge in [-0.1, -0.05) is 102 Å². The summed E-state index contributed by atoms with van der Waals surface area (Å²) in [6.45, 7) is 28.3. The summed E-state index contributed by atoms with van der Waals surface area (Å²) in [5, 5.41) is 2.57. The Bertz CT molecular complexity index is 1810. The van der Waals surface area contributed by atoms with Crippen molar-refractivity contribution < 1.29 is 42.0 Å². The van der Waals surface area contributed by atoms with Crippen LogP contribution in [0, 0.1) is 5.92 Å². The van der Waals surface area contributed by atoms with Gasteiger partial charge >= 0.3 is 0 Å². The van der Waals surface area contributed by atoms with Gasteiger partial charge in [-0.3, -0.25) is 0 Å². The Kier molecular flexibility index (Phi) is 12.8. The highest BCUT2D eigenvalue weighted by Crippen LogP contribution is 2.43. The predicted molar refractivity (Wildman–Crippen MR) is 234 cm³/mol. The second-order valence-electron chi connectivity index (χ2n) is 20.6. The molecule has 0 spiro atoms. The summed E-state index contributed by atoms with van der Waals surface area (Å²) < 4.78 is 60.3. The molecule has 5 heterocycles. The summed E-state index contributed by atoms with van der Waals surface area (Å²) in [4.78, 5) is 0. The first-order valence-corrected chi connectivity index (χ1v) is 27.4. The smallest absolute Gasteiger partial charge is 0.192 e. The molecule has 0 radical (unpaired) electrons. The second kappa shape index (κ2) is 16.9. The van der Waals surface area contributed by atoms with E-state index in [9.17, 15) is 0 Å². The molecule has 0 bridgehead atoms. The molecule has 320 valence electrons. The van der Waals surface area contributed by atoms with E-state index in [1.54, 1.807) is 0 Å². The van der Waals surface area contributed by atoms with Crippen LogP contribution in [0.4, 0.5) is 0 Å². The first-order valence-electron chi connectivity index (χ1n) is 21.6. The van der Waals surface area contributed by atoms with E-state index in [1.807, 2.05) is 20.1 Å². The number of hydrogen-bond acceptors (Lipinski definition) is 9. The van der Waals surface area contributed by atoms with E-state index in [0.29, 0.717) is 26.2 Å². The van der Waals surface area contributed by atoms with Gasteiger partial charge in [0.2, 0.25) is 0 Å². The summed E-state index contributed by atoms with van der Waals surface area (Å²) in [7, 11) is -4.10. The fourth-order valence-corrected chi connectivity index (χ4v) is 10.3. The van der Waals surface area contributed by atoms with Crippen LogP contribution in [0.3, 0.4) is 0 Å². The first kappa shape index (κ1) is 43.9. The molecule has 3 fully saturated rings. The molecule has 0 aromatic heterocycles. The predicted octanol–water partition coefficient (Wildman–Crippen LogP) is 10.0. The van der Waals surface area contributed by atoms with Gasteiger partial charge in [-0.15, -0.1) is 0 Å². The average molecular weight is 835 g/mol. The number of fused-ring (bicyclic) bond motifs is 5. The summed E-state index contributed by atoms with van der Waals surface area (Å²) in [5.41, 5.74) is 1.10. The van der Waals surface area contributed by atoms with Crippen molar-refractivity contribution in [2.75, 3.05) is 13.2 Å². The SMILES string of the molecule is CC1(C)OC[C@H]2O[C@H]3C[C@H]4O[C@H]5C[C@H](/C=C/[C@@H](CO[Si](C)(C)C(C)(C)C)O[Si](C)(C)C(C)(C)C)C=CO[C@@H]5[C@@H](OCc5ccc6ccccc6c5)[C@@H]4O[C@@H]3C=C[C@@H]2O1. The normalized spacial score (nSPS) is 33.3. The Morgan fingerprint density at radius 3 is 2.21 bits per heavy atom. The standard InChI is InChI=1S/C47H70O9Si2/c1-45(2,3)57(9,10)51-29-35(56-58(11,12)46(4,5)6)20-18-31-23-24-48-42-39(26-31)53-40-27-38-36(21-22-37-41(52-38)30-50-47(7,8)55-37)54-43(40)44(42)49-28-32-17-19-33-15-13-14-16-34(33)25-32/h13-25,31,35-44H,26-30H2,1-12H3/b20-18+/t31-,35+,36-,37+,38+,39+,40-,41-,42+,43-,44-/m1/s1. The quantitative estimate of drug-likeness (QED) is 0.172. The monoisotopic (exact) mass is 834 g/mol. The Balaban J connectivity index is 1.12. The fraction of sp³-hybridized carbons (Fsp3) is 0.660. The number of benzene rings is 2. The van der Waals surface area contributed by atoms with Gasteiger partial charge in [0, 0.05) is 12.3 Å². The van der Waals surface area contributed by atoms with Crippen LogP contribution in [0.2, 0.25) is 36.3 Å². The molecule has 9 nitrogen and oxygen atoms in total. The van der Waals surface area contributed by atoms with Crippen molar-refractivity contribution in [3.05, 3.63) is 84.7 Å². The van der Waals surface area contributed by atoms with Crippen molar-refractivity contribution in [2.24, 2.45) is 5.92 Å². The van der Waals surface area contributed by atoms with Crippen molar-refractivity contribution in [2.45, 2.75) is 178 Å². The van der Waals surface area contributed by atoms with Gasteiger partial charge in [-0.2, -0.15) is 0 Å². The molecule has 3 saturated heterocycles. The molecule has 0 aliphatic carbocycles. The number of allylic oxidation sites excluding steroid dienone is 2. The number of ether oxygens (including phenoxy) is 7. The molecule has 0 amide bonds. The van der Waals surface area contributed by atoms with Gasteiger partial charge in [-0.25, -0.2) is 0 Å². The van der Waals surface area contributed by atoms with Gasteiger partial charge in [0.25, 0.3) is 0 Å². The molecule has 11 atom stereocenters. The fourth-order valence-electron chi connectivity index (χ4n) is 8.07. The Hall–Kier alpha value is -2.17. The second-order valence-corrected chi connectivity index (χ2v) is 30.1. The van der Waals surface area contributed by atoms with E-state index < -0.39 is 22.4 Å². The highest BCUT2D eigenvalue weighted by molar-refractivity contribution is 6.74. The number of hydrogen-bond donors (Lipinski definition) is 0. The lowest BCUT2D eigenvalue weighted by atomic mass is 9.85. The average Bonchev–Trinajstić information content (AvgIpc) is 3.45. The van der Waals surface area contributed by atoms with Crippen molar-refractivity contribution in [3.8, 4) is 0 Å². The minimum atomic E-state index is -2.10. The number of rotatable bonds is 10. The van der Waals surface area contributed by atoms with Gasteiger partial charge < -0.3 is 42.0 Å². The zero-order valence-electron chi connectivity index (χ0n) is 37.1. The molecular formula is C47H70O9Si2. The van der Waals surface area contributed by atoms with Crippen LogP contribution in [-0.2, 0) is 48.6 Å². The third-order valence-electron chi connectivity index (χ3n) is 13.7. The van der Waals surface area contributed by atoms with Crippen molar-refractivity contribution in [1.29, 1.82) is 0 Å². The van der Waals surface area contributed by atoms with E-state index in [4.69, 9.17) is 42.0 Å². The van der Waals surface area contributed by atoms with Gasteiger partial charge in [0.05, 0.1) is 50.5 Å². The van der Waals surface area contributed by atoms with Gasteiger partial charge in [-0.05, 0) is 85.0 Å². The minimum Gasteiger partial charge on any atom is -0.493 e. The third-order valence-corrected chi connectivity index (χ3v) is 22.7. The largest absolute Gasteiger partial charge is 0.493 e. The molecule has 0 unspecified atom stereocenters. The molecule has 58 heavy (non-hydrogen) atoms. The molecular weight excluding hydrogens is 765 g/mol. The van der Waals surface area contributed by atoms with E-state index in [1.165, 1.54) is 10.8 Å². The Morgan fingerprint density at radius 1 is 0.776 bits per heavy atom. The lowest BCUT2D eigenvalue weighted by Gasteiger charge is -2.50. The van der Waals surface area contributed by atoms with Crippen molar-refractivity contribution >= 4 is 27.4 Å². The molecule has 0 N–H and O–H groups in total. The first-order chi connectivity index (χ1) is 27.2. The topological polar surface area (TPSA) is 83.1 Å². The van der Waals surface area contributed by atoms with E-state index in [0.717, 1.165) is 12.0 Å². The van der Waals surface area contributed by atoms with Gasteiger partial charge in [0.15, 0.2) is 28.5 Å². The van der Waals surface area contributed by atoms with Gasteiger partial charge in [0.1, 0.15) is 30.5 Å². The van der Waals surface area contributed by atoms with Crippen LogP contribution in [0.5, 0.6) is 0 Å². The molecule has 7 rings (SSSR count). The van der Waals surface area contributed by atoms with Crippen LogP contribution in [0.1, 0.15) is 73.8 Å². The summed E-state index contributed by atoms with van der Waals surface area (Å²) in [6.07, 6.45) is 11.3. The molecule has 2 aromatic carbocycles. The van der Waals surface area contributed by atoms with Crippen LogP contribution >= 0.6 is 0 Å². The highest BCUT2D eigenvalue weighted by atomic mass is 28.4. The highest BCUT2D eigenvalue weighted by Gasteiger charge is 2.55. The third kappa shape index (κ3) is 9.96. The minimum absolute atomic E-state index is 0.0565. The molecule has 0 saturated carbocycles. The van der Waals surface area contributed by atoms with Crippen LogP contribution in [0.15, 0.2) is 79.1 Å². The lowest BCUT2D eigenvalue weighted by molar-refractivity contribution is -0.321. The van der Waals surface area contributed by atoms with E-state index in [2.05, 4.69) is 141 Å². The maximum atomic E-state index is 7.05. The van der Waals surface area contributed by atoms with Crippen LogP contribution in [0.25, 0.3) is 10.8 Å². The lowest BCUT2D eigenvalue weighted by Crippen LogP contribution is -2.64. The molecule has 5 aliphatic heterocycles. The molecule has 11 heteroatoms. The van der Waals surface area contributed by atoms with E-state index >= 15 is 0 Å². The van der Waals surface area contributed by atoms with Crippen LogP contribution < -0.4 is 0 Å². The zero-order chi connectivity index (χ0) is 41.7. The van der Waals surface area contributed by atoms with Crippen molar-refractivity contribution in [3.63, 3.8) is 0 Å². The zero-order valence-corrected chi connectivity index (χ0v) is 39.1. The summed E-state index contributed by atoms with van der Waals surface area (Å²) in [5.74, 6) is -0.621. The van der Waals surface area contributed by atoms with Crippen LogP contribution in [-0.4, -0.2) is 96.7 Å².